The molecule has 0 radical (unpaired) electrons. The number of likely N-dealkylation sites (tertiary alicyclic amines) is 1. The van der Waals surface area contributed by atoms with Gasteiger partial charge >= 0.3 is 6.03 Å². The first-order valence-corrected chi connectivity index (χ1v) is 8.29. The molecule has 2 aromatic carbocycles. The molecule has 25 heavy (non-hydrogen) atoms. The number of hydrogen-bond acceptors (Lipinski definition) is 3. The maximum Gasteiger partial charge on any atom is 0.321 e. The van der Waals surface area contributed by atoms with Crippen LogP contribution in [0.5, 0.6) is 11.5 Å². The zero-order valence-corrected chi connectivity index (χ0v) is 14.0. The van der Waals surface area contributed by atoms with Crippen molar-refractivity contribution in [1.29, 1.82) is 0 Å². The van der Waals surface area contributed by atoms with Gasteiger partial charge in [0, 0.05) is 30.8 Å². The van der Waals surface area contributed by atoms with Gasteiger partial charge in [-0.1, -0.05) is 6.07 Å². The van der Waals surface area contributed by atoms with Crippen LogP contribution in [0.15, 0.2) is 48.5 Å². The largest absolute Gasteiger partial charge is 0.457 e. The van der Waals surface area contributed by atoms with E-state index in [4.69, 9.17) is 4.74 Å². The molecule has 0 aliphatic carbocycles. The van der Waals surface area contributed by atoms with Crippen LogP contribution >= 0.6 is 0 Å². The molecule has 0 spiro atoms. The lowest BCUT2D eigenvalue weighted by molar-refractivity contribution is 0.130. The number of aliphatic hydroxyl groups excluding tert-OH is 1. The molecule has 0 aromatic heterocycles. The van der Waals surface area contributed by atoms with E-state index in [0.717, 1.165) is 6.42 Å². The predicted molar refractivity (Wildman–Crippen MR) is 93.3 cm³/mol. The zero-order valence-electron chi connectivity index (χ0n) is 14.0. The van der Waals surface area contributed by atoms with Crippen LogP contribution in [0.4, 0.5) is 14.9 Å². The van der Waals surface area contributed by atoms with Gasteiger partial charge in [0.1, 0.15) is 17.3 Å². The Bertz CT molecular complexity index is 734. The minimum atomic E-state index is -0.406. The van der Waals surface area contributed by atoms with Crippen molar-refractivity contribution >= 4 is 11.7 Å². The monoisotopic (exact) mass is 344 g/mol. The highest BCUT2D eigenvalue weighted by atomic mass is 19.1. The van der Waals surface area contributed by atoms with Gasteiger partial charge in [-0.05, 0) is 49.7 Å². The van der Waals surface area contributed by atoms with E-state index in [1.807, 2.05) is 0 Å². The van der Waals surface area contributed by atoms with E-state index in [-0.39, 0.29) is 17.8 Å². The molecule has 132 valence electrons. The van der Waals surface area contributed by atoms with Gasteiger partial charge in [0.2, 0.25) is 0 Å². The van der Waals surface area contributed by atoms with E-state index in [9.17, 15) is 14.3 Å². The van der Waals surface area contributed by atoms with Crippen molar-refractivity contribution in [3.8, 4) is 11.5 Å². The molecule has 0 saturated carbocycles. The van der Waals surface area contributed by atoms with Crippen molar-refractivity contribution in [2.24, 2.45) is 5.92 Å². The summed E-state index contributed by atoms with van der Waals surface area (Å²) in [5.74, 6) is 0.743. The Morgan fingerprint density at radius 1 is 1.28 bits per heavy atom. The van der Waals surface area contributed by atoms with Gasteiger partial charge in [-0.15, -0.1) is 0 Å². The molecular formula is C19H21FN2O3. The highest BCUT2D eigenvalue weighted by molar-refractivity contribution is 5.89. The van der Waals surface area contributed by atoms with Crippen LogP contribution in [0.25, 0.3) is 0 Å². The Hall–Kier alpha value is -2.60. The first-order valence-electron chi connectivity index (χ1n) is 8.29. The molecule has 1 heterocycles. The summed E-state index contributed by atoms with van der Waals surface area (Å²) in [6, 6.07) is 12.6. The number of carbonyl (C=O) groups excluding carboxylic acids is 1. The fourth-order valence-corrected chi connectivity index (χ4v) is 2.84. The topological polar surface area (TPSA) is 61.8 Å². The summed E-state index contributed by atoms with van der Waals surface area (Å²) in [6.45, 7) is 2.95. The van der Waals surface area contributed by atoms with Crippen molar-refractivity contribution in [1.82, 2.24) is 4.90 Å². The normalized spacial score (nSPS) is 18.0. The summed E-state index contributed by atoms with van der Waals surface area (Å²) in [4.78, 5) is 14.0. The second-order valence-corrected chi connectivity index (χ2v) is 6.25. The SMILES string of the molecule is C[C@@H](O)[C@@H]1CCN(C(=O)Nc2ccc(Oc3cccc(F)c3)cc2)C1. The van der Waals surface area contributed by atoms with Gasteiger partial charge in [0.25, 0.3) is 0 Å². The Balaban J connectivity index is 1.56. The van der Waals surface area contributed by atoms with Crippen molar-refractivity contribution in [2.45, 2.75) is 19.4 Å². The number of halogens is 1. The number of urea groups is 1. The smallest absolute Gasteiger partial charge is 0.321 e. The summed E-state index contributed by atoms with van der Waals surface area (Å²) in [5.41, 5.74) is 0.650. The third-order valence-corrected chi connectivity index (χ3v) is 4.33. The highest BCUT2D eigenvalue weighted by Gasteiger charge is 2.28. The number of rotatable bonds is 4. The van der Waals surface area contributed by atoms with Crippen molar-refractivity contribution in [3.05, 3.63) is 54.3 Å². The second kappa shape index (κ2) is 7.53. The molecule has 1 fully saturated rings. The second-order valence-electron chi connectivity index (χ2n) is 6.25. The molecule has 1 saturated heterocycles. The maximum absolute atomic E-state index is 13.2. The molecule has 2 aromatic rings. The summed E-state index contributed by atoms with van der Waals surface area (Å²) in [6.07, 6.45) is 0.406. The molecular weight excluding hydrogens is 323 g/mol. The maximum atomic E-state index is 13.2. The third-order valence-electron chi connectivity index (χ3n) is 4.33. The van der Waals surface area contributed by atoms with E-state index in [1.54, 1.807) is 48.2 Å². The first-order chi connectivity index (χ1) is 12.0. The van der Waals surface area contributed by atoms with E-state index >= 15 is 0 Å². The number of nitrogens with one attached hydrogen (secondary N) is 1. The average Bonchev–Trinajstić information content (AvgIpc) is 3.07. The first kappa shape index (κ1) is 17.2. The fraction of sp³-hybridized carbons (Fsp3) is 0.316. The molecule has 2 N–H and O–H groups in total. The molecule has 3 rings (SSSR count). The highest BCUT2D eigenvalue weighted by Crippen LogP contribution is 2.24. The number of carbonyl (C=O) groups is 1. The molecule has 2 amide bonds. The predicted octanol–water partition coefficient (Wildman–Crippen LogP) is 3.85. The Morgan fingerprint density at radius 3 is 2.68 bits per heavy atom. The summed E-state index contributed by atoms with van der Waals surface area (Å²) in [7, 11) is 0. The lowest BCUT2D eigenvalue weighted by atomic mass is 10.0. The van der Waals surface area contributed by atoms with Crippen LogP contribution < -0.4 is 10.1 Å². The fourth-order valence-electron chi connectivity index (χ4n) is 2.84. The third kappa shape index (κ3) is 4.48. The Labute approximate surface area is 146 Å². The van der Waals surface area contributed by atoms with Crippen LogP contribution in [0.2, 0.25) is 0 Å². The quantitative estimate of drug-likeness (QED) is 0.885. The number of hydrogen-bond donors (Lipinski definition) is 2. The minimum Gasteiger partial charge on any atom is -0.457 e. The Morgan fingerprint density at radius 2 is 2.04 bits per heavy atom. The number of amides is 2. The van der Waals surface area contributed by atoms with Gasteiger partial charge < -0.3 is 20.1 Å². The van der Waals surface area contributed by atoms with Gasteiger partial charge in [-0.25, -0.2) is 9.18 Å². The Kier molecular flexibility index (Phi) is 5.19. The van der Waals surface area contributed by atoms with Crippen molar-refractivity contribution in [3.63, 3.8) is 0 Å². The molecule has 0 bridgehead atoms. The van der Waals surface area contributed by atoms with Crippen molar-refractivity contribution in [2.75, 3.05) is 18.4 Å². The van der Waals surface area contributed by atoms with Gasteiger partial charge in [-0.3, -0.25) is 0 Å². The molecule has 5 nitrogen and oxygen atoms in total. The number of anilines is 1. The lowest BCUT2D eigenvalue weighted by Crippen LogP contribution is -2.34. The van der Waals surface area contributed by atoms with E-state index < -0.39 is 6.10 Å². The summed E-state index contributed by atoms with van der Waals surface area (Å²) >= 11 is 0. The summed E-state index contributed by atoms with van der Waals surface area (Å²) in [5, 5.41) is 12.4. The van der Waals surface area contributed by atoms with Crippen molar-refractivity contribution < 1.29 is 19.0 Å². The van der Waals surface area contributed by atoms with E-state index in [0.29, 0.717) is 30.3 Å². The van der Waals surface area contributed by atoms with Crippen LogP contribution in [-0.2, 0) is 0 Å². The average molecular weight is 344 g/mol. The lowest BCUT2D eigenvalue weighted by Gasteiger charge is -2.18. The van der Waals surface area contributed by atoms with Gasteiger partial charge in [0.05, 0.1) is 6.10 Å². The molecule has 1 aliphatic heterocycles. The standard InChI is InChI=1S/C19H21FN2O3/c1-13(23)14-9-10-22(12-14)19(24)21-16-5-7-17(8-6-16)25-18-4-2-3-15(20)11-18/h2-8,11,13-14,23H,9-10,12H2,1H3,(H,21,24)/t13-,14-/m1/s1. The van der Waals surface area contributed by atoms with Gasteiger partial charge in [0.15, 0.2) is 0 Å². The van der Waals surface area contributed by atoms with Gasteiger partial charge in [-0.2, -0.15) is 0 Å². The molecule has 1 aliphatic rings. The van der Waals surface area contributed by atoms with E-state index in [1.165, 1.54) is 12.1 Å². The molecule has 6 heteroatoms. The number of aliphatic hydroxyl groups is 1. The van der Waals surface area contributed by atoms with Crippen LogP contribution in [0.1, 0.15) is 13.3 Å². The number of benzene rings is 2. The summed E-state index contributed by atoms with van der Waals surface area (Å²) < 4.78 is 18.7. The van der Waals surface area contributed by atoms with Crippen LogP contribution in [0.3, 0.4) is 0 Å². The van der Waals surface area contributed by atoms with Crippen LogP contribution in [-0.4, -0.2) is 35.2 Å². The number of ether oxygens (including phenoxy) is 1. The molecule has 2 atom stereocenters. The minimum absolute atomic E-state index is 0.132. The van der Waals surface area contributed by atoms with Crippen LogP contribution in [0, 0.1) is 11.7 Å². The zero-order chi connectivity index (χ0) is 17.8. The molecule has 0 unspecified atom stereocenters. The van der Waals surface area contributed by atoms with E-state index in [2.05, 4.69) is 5.32 Å². The number of nitrogens with zero attached hydrogens (tertiary/aromatic N) is 1.